The van der Waals surface area contributed by atoms with Crippen LogP contribution in [0.4, 0.5) is 4.39 Å². The lowest BCUT2D eigenvalue weighted by atomic mass is 10.1. The Kier molecular flexibility index (Phi) is 4.41. The third kappa shape index (κ3) is 3.08. The molecule has 3 heteroatoms. The van der Waals surface area contributed by atoms with Crippen molar-refractivity contribution in [2.75, 3.05) is 20.1 Å². The van der Waals surface area contributed by atoms with Crippen molar-refractivity contribution < 1.29 is 4.39 Å². The summed E-state index contributed by atoms with van der Waals surface area (Å²) in [4.78, 5) is 2.41. The summed E-state index contributed by atoms with van der Waals surface area (Å²) in [5.74, 6) is -0.196. The van der Waals surface area contributed by atoms with Crippen LogP contribution in [-0.2, 0) is 12.8 Å². The Morgan fingerprint density at radius 2 is 1.77 bits per heavy atom. The molecular weight excluding hydrogens is 323 g/mol. The van der Waals surface area contributed by atoms with Gasteiger partial charge in [0, 0.05) is 36.3 Å². The molecule has 0 N–H and O–H groups in total. The molecule has 0 saturated heterocycles. The number of aryl methyl sites for hydroxylation is 1. The highest BCUT2D eigenvalue weighted by molar-refractivity contribution is 5.91. The summed E-state index contributed by atoms with van der Waals surface area (Å²) in [6.07, 6.45) is 4.28. The number of hydrogen-bond acceptors (Lipinski definition) is 1. The molecule has 1 aromatic heterocycles. The molecule has 4 rings (SSSR count). The fourth-order valence-corrected chi connectivity index (χ4v) is 4.04. The van der Waals surface area contributed by atoms with Crippen LogP contribution in [0.2, 0.25) is 0 Å². The van der Waals surface area contributed by atoms with Gasteiger partial charge < -0.3 is 9.47 Å². The predicted molar refractivity (Wildman–Crippen MR) is 108 cm³/mol. The van der Waals surface area contributed by atoms with Crippen LogP contribution in [-0.4, -0.2) is 29.6 Å². The van der Waals surface area contributed by atoms with Crippen LogP contribution in [0.15, 0.2) is 42.5 Å². The summed E-state index contributed by atoms with van der Waals surface area (Å²) >= 11 is 0. The maximum absolute atomic E-state index is 13.2. The molecule has 0 fully saturated rings. The van der Waals surface area contributed by atoms with Crippen LogP contribution in [0.1, 0.15) is 29.3 Å². The van der Waals surface area contributed by atoms with Crippen LogP contribution < -0.4 is 0 Å². The highest BCUT2D eigenvalue weighted by Crippen LogP contribution is 2.33. The third-order valence-electron chi connectivity index (χ3n) is 5.41. The van der Waals surface area contributed by atoms with E-state index in [9.17, 15) is 4.39 Å². The van der Waals surface area contributed by atoms with E-state index in [1.54, 1.807) is 0 Å². The monoisotopic (exact) mass is 348 g/mol. The van der Waals surface area contributed by atoms with E-state index in [-0.39, 0.29) is 5.82 Å². The number of rotatable bonds is 2. The number of hydrogen-bond donors (Lipinski definition) is 0. The lowest BCUT2D eigenvalue weighted by Gasteiger charge is -2.14. The summed E-state index contributed by atoms with van der Waals surface area (Å²) in [5.41, 5.74) is 7.69. The highest BCUT2D eigenvalue weighted by Gasteiger charge is 2.21. The van der Waals surface area contributed by atoms with Crippen molar-refractivity contribution in [2.45, 2.75) is 26.7 Å². The minimum atomic E-state index is -0.196. The molecule has 0 unspecified atom stereocenters. The van der Waals surface area contributed by atoms with Crippen LogP contribution in [0.25, 0.3) is 22.7 Å². The first-order valence-corrected chi connectivity index (χ1v) is 9.28. The van der Waals surface area contributed by atoms with Crippen LogP contribution >= 0.6 is 0 Å². The fourth-order valence-electron chi connectivity index (χ4n) is 4.04. The number of allylic oxidation sites excluding steroid dienone is 1. The van der Waals surface area contributed by atoms with Crippen LogP contribution in [0.5, 0.6) is 0 Å². The Hall–Kier alpha value is -2.39. The van der Waals surface area contributed by atoms with Gasteiger partial charge in [0.1, 0.15) is 5.82 Å². The van der Waals surface area contributed by atoms with Crippen LogP contribution in [0.3, 0.4) is 0 Å². The molecule has 2 aromatic carbocycles. The molecule has 1 aliphatic heterocycles. The summed E-state index contributed by atoms with van der Waals surface area (Å²) in [5, 5.41) is 1.38. The second-order valence-electron chi connectivity index (χ2n) is 7.42. The van der Waals surface area contributed by atoms with Crippen molar-refractivity contribution in [2.24, 2.45) is 0 Å². The number of benzene rings is 2. The minimum absolute atomic E-state index is 0.196. The predicted octanol–water partition coefficient (Wildman–Crippen LogP) is 5.14. The zero-order valence-corrected chi connectivity index (χ0v) is 15.7. The lowest BCUT2D eigenvalue weighted by Crippen LogP contribution is -2.21. The van der Waals surface area contributed by atoms with Crippen LogP contribution in [0, 0.1) is 12.7 Å². The Morgan fingerprint density at radius 3 is 2.54 bits per heavy atom. The van der Waals surface area contributed by atoms with E-state index in [1.165, 1.54) is 45.6 Å². The number of halogens is 1. The largest absolute Gasteiger partial charge is 0.317 e. The molecule has 0 radical (unpaired) electrons. The molecule has 3 aromatic rings. The van der Waals surface area contributed by atoms with Gasteiger partial charge in [0.15, 0.2) is 0 Å². The molecule has 0 atom stereocenters. The average Bonchev–Trinajstić information content (AvgIpc) is 2.79. The first-order chi connectivity index (χ1) is 12.5. The summed E-state index contributed by atoms with van der Waals surface area (Å²) < 4.78 is 15.6. The maximum Gasteiger partial charge on any atom is 0.123 e. The molecular formula is C23H25FN2. The Bertz CT molecular complexity index is 980. The van der Waals surface area contributed by atoms with Gasteiger partial charge in [-0.15, -0.1) is 0 Å². The molecule has 2 heterocycles. The van der Waals surface area contributed by atoms with Crippen molar-refractivity contribution in [3.8, 4) is 0 Å². The molecule has 0 aliphatic carbocycles. The summed E-state index contributed by atoms with van der Waals surface area (Å²) in [7, 11) is 2.20. The van der Waals surface area contributed by atoms with Crippen molar-refractivity contribution in [3.63, 3.8) is 0 Å². The molecule has 2 nitrogen and oxygen atoms in total. The van der Waals surface area contributed by atoms with E-state index in [2.05, 4.69) is 54.6 Å². The number of aromatic nitrogens is 1. The molecule has 134 valence electrons. The van der Waals surface area contributed by atoms with Crippen molar-refractivity contribution in [3.05, 3.63) is 70.7 Å². The second-order valence-corrected chi connectivity index (χ2v) is 7.42. The Morgan fingerprint density at radius 1 is 1.04 bits per heavy atom. The first kappa shape index (κ1) is 17.0. The molecule has 1 aliphatic rings. The SMILES string of the molecule is C/C(=C\c1ccc(F)cc1)n1c2c(c3cc(C)ccc31)CCN(C)CC2. The van der Waals surface area contributed by atoms with Gasteiger partial charge in [0.2, 0.25) is 0 Å². The zero-order valence-electron chi connectivity index (χ0n) is 15.7. The second kappa shape index (κ2) is 6.73. The quantitative estimate of drug-likeness (QED) is 0.623. The minimum Gasteiger partial charge on any atom is -0.317 e. The van der Waals surface area contributed by atoms with Gasteiger partial charge in [-0.2, -0.15) is 0 Å². The lowest BCUT2D eigenvalue weighted by molar-refractivity contribution is 0.351. The smallest absolute Gasteiger partial charge is 0.123 e. The van der Waals surface area contributed by atoms with E-state index < -0.39 is 0 Å². The summed E-state index contributed by atoms with van der Waals surface area (Å²) in [6, 6.07) is 13.5. The van der Waals surface area contributed by atoms with E-state index >= 15 is 0 Å². The number of fused-ring (bicyclic) bond motifs is 3. The first-order valence-electron chi connectivity index (χ1n) is 9.28. The Labute approximate surface area is 154 Å². The van der Waals surface area contributed by atoms with E-state index in [1.807, 2.05) is 12.1 Å². The summed E-state index contributed by atoms with van der Waals surface area (Å²) in [6.45, 7) is 6.48. The molecule has 0 amide bonds. The van der Waals surface area contributed by atoms with E-state index in [0.29, 0.717) is 0 Å². The molecule has 0 saturated carbocycles. The normalized spacial score (nSPS) is 15.9. The highest BCUT2D eigenvalue weighted by atomic mass is 19.1. The van der Waals surface area contributed by atoms with E-state index in [0.717, 1.165) is 31.5 Å². The average molecular weight is 348 g/mol. The van der Waals surface area contributed by atoms with Gasteiger partial charge in [-0.25, -0.2) is 4.39 Å². The van der Waals surface area contributed by atoms with E-state index in [4.69, 9.17) is 0 Å². The fraction of sp³-hybridized carbons (Fsp3) is 0.304. The number of nitrogens with zero attached hydrogens (tertiary/aromatic N) is 2. The van der Waals surface area contributed by atoms with Gasteiger partial charge in [0.25, 0.3) is 0 Å². The van der Waals surface area contributed by atoms with Gasteiger partial charge in [0.05, 0.1) is 5.52 Å². The zero-order chi connectivity index (χ0) is 18.3. The van der Waals surface area contributed by atoms with Crippen molar-refractivity contribution in [1.82, 2.24) is 9.47 Å². The van der Waals surface area contributed by atoms with Gasteiger partial charge in [-0.05, 0) is 68.8 Å². The Balaban J connectivity index is 1.90. The molecule has 0 bridgehead atoms. The van der Waals surface area contributed by atoms with Gasteiger partial charge in [-0.3, -0.25) is 0 Å². The van der Waals surface area contributed by atoms with Gasteiger partial charge >= 0.3 is 0 Å². The maximum atomic E-state index is 13.2. The standard InChI is InChI=1S/C23H25FN2/c1-16-4-9-22-21(14-16)20-10-12-25(3)13-11-23(20)26(22)17(2)15-18-5-7-19(24)8-6-18/h4-9,14-15H,10-13H2,1-3H3/b17-15+. The third-order valence-corrected chi connectivity index (χ3v) is 5.41. The topological polar surface area (TPSA) is 8.17 Å². The molecule has 26 heavy (non-hydrogen) atoms. The number of likely N-dealkylation sites (N-methyl/N-ethyl adjacent to an activating group) is 1. The molecule has 0 spiro atoms. The van der Waals surface area contributed by atoms with Crippen molar-refractivity contribution >= 4 is 22.7 Å². The van der Waals surface area contributed by atoms with Gasteiger partial charge in [-0.1, -0.05) is 23.8 Å². The van der Waals surface area contributed by atoms with Crippen molar-refractivity contribution in [1.29, 1.82) is 0 Å².